The second-order valence-electron chi connectivity index (χ2n) is 4.00. The Morgan fingerprint density at radius 3 is 2.76 bits per heavy atom. The molecule has 2 amide bonds. The number of nitrogens with zero attached hydrogens (tertiary/aromatic N) is 3. The van der Waals surface area contributed by atoms with E-state index in [4.69, 9.17) is 0 Å². The number of carbonyl (C=O) groups excluding carboxylic acids is 2. The summed E-state index contributed by atoms with van der Waals surface area (Å²) in [6.45, 7) is 2.46. The van der Waals surface area contributed by atoms with Gasteiger partial charge in [0.15, 0.2) is 0 Å². The SMILES string of the molecule is Cc1nn(C)c(CN2CC(=O)NCC2=O)c1Br. The van der Waals surface area contributed by atoms with Crippen LogP contribution in [0.1, 0.15) is 11.4 Å². The van der Waals surface area contributed by atoms with Gasteiger partial charge < -0.3 is 10.2 Å². The number of hydrogen-bond acceptors (Lipinski definition) is 3. The van der Waals surface area contributed by atoms with E-state index in [0.29, 0.717) is 6.54 Å². The predicted molar refractivity (Wildman–Crippen MR) is 64.1 cm³/mol. The van der Waals surface area contributed by atoms with Crippen molar-refractivity contribution >= 4 is 27.7 Å². The van der Waals surface area contributed by atoms with E-state index in [1.54, 1.807) is 4.68 Å². The van der Waals surface area contributed by atoms with Crippen molar-refractivity contribution in [3.63, 3.8) is 0 Å². The number of carbonyl (C=O) groups is 2. The van der Waals surface area contributed by atoms with E-state index >= 15 is 0 Å². The molecule has 0 bridgehead atoms. The van der Waals surface area contributed by atoms with Gasteiger partial charge in [-0.3, -0.25) is 14.3 Å². The summed E-state index contributed by atoms with van der Waals surface area (Å²) < 4.78 is 2.61. The fourth-order valence-electron chi connectivity index (χ4n) is 1.78. The van der Waals surface area contributed by atoms with E-state index in [1.165, 1.54) is 4.90 Å². The Balaban J connectivity index is 2.19. The zero-order valence-electron chi connectivity index (χ0n) is 9.66. The second kappa shape index (κ2) is 4.48. The molecule has 1 aromatic heterocycles. The maximum Gasteiger partial charge on any atom is 0.242 e. The van der Waals surface area contributed by atoms with Crippen LogP contribution in [0.3, 0.4) is 0 Å². The summed E-state index contributed by atoms with van der Waals surface area (Å²) in [7, 11) is 1.82. The molecule has 17 heavy (non-hydrogen) atoms. The van der Waals surface area contributed by atoms with Crippen molar-refractivity contribution < 1.29 is 9.59 Å². The van der Waals surface area contributed by atoms with Crippen LogP contribution in [0.4, 0.5) is 0 Å². The molecule has 92 valence electrons. The van der Waals surface area contributed by atoms with Gasteiger partial charge in [-0.15, -0.1) is 0 Å². The third-order valence-corrected chi connectivity index (χ3v) is 3.76. The predicted octanol–water partition coefficient (Wildman–Crippen LogP) is -0.0506. The summed E-state index contributed by atoms with van der Waals surface area (Å²) in [5.41, 5.74) is 1.77. The lowest BCUT2D eigenvalue weighted by atomic mass is 10.3. The van der Waals surface area contributed by atoms with E-state index in [2.05, 4.69) is 26.3 Å². The van der Waals surface area contributed by atoms with Crippen molar-refractivity contribution in [2.45, 2.75) is 13.5 Å². The highest BCUT2D eigenvalue weighted by Gasteiger charge is 2.25. The number of nitrogens with one attached hydrogen (secondary N) is 1. The maximum absolute atomic E-state index is 11.6. The number of amides is 2. The van der Waals surface area contributed by atoms with Gasteiger partial charge in [0.2, 0.25) is 11.8 Å². The van der Waals surface area contributed by atoms with Gasteiger partial charge in [0.1, 0.15) is 0 Å². The Bertz CT molecular complexity index is 483. The fraction of sp³-hybridized carbons (Fsp3) is 0.500. The third-order valence-electron chi connectivity index (χ3n) is 2.73. The quantitative estimate of drug-likeness (QED) is 0.833. The zero-order chi connectivity index (χ0) is 12.6. The summed E-state index contributed by atoms with van der Waals surface area (Å²) in [5.74, 6) is -0.199. The van der Waals surface area contributed by atoms with Crippen molar-refractivity contribution in [1.82, 2.24) is 20.0 Å². The molecule has 0 saturated carbocycles. The highest BCUT2D eigenvalue weighted by Crippen LogP contribution is 2.21. The molecular weight excluding hydrogens is 288 g/mol. The largest absolute Gasteiger partial charge is 0.345 e. The molecule has 1 N–H and O–H groups in total. The molecule has 0 spiro atoms. The van der Waals surface area contributed by atoms with Crippen LogP contribution >= 0.6 is 15.9 Å². The number of hydrogen-bond donors (Lipinski definition) is 1. The van der Waals surface area contributed by atoms with Crippen LogP contribution in [0.2, 0.25) is 0 Å². The molecule has 0 aromatic carbocycles. The molecular formula is C10H13BrN4O2. The molecule has 0 unspecified atom stereocenters. The van der Waals surface area contributed by atoms with Crippen LogP contribution in [-0.2, 0) is 23.2 Å². The van der Waals surface area contributed by atoms with E-state index in [9.17, 15) is 9.59 Å². The first-order valence-corrected chi connectivity index (χ1v) is 6.00. The molecule has 7 heteroatoms. The molecule has 0 radical (unpaired) electrons. The van der Waals surface area contributed by atoms with Gasteiger partial charge in [0.05, 0.1) is 35.5 Å². The molecule has 2 rings (SSSR count). The van der Waals surface area contributed by atoms with Crippen molar-refractivity contribution in [3.05, 3.63) is 15.9 Å². The Hall–Kier alpha value is -1.37. The number of aryl methyl sites for hydroxylation is 2. The fourth-order valence-corrected chi connectivity index (χ4v) is 2.24. The molecule has 6 nitrogen and oxygen atoms in total. The topological polar surface area (TPSA) is 67.2 Å². The molecule has 2 heterocycles. The minimum Gasteiger partial charge on any atom is -0.345 e. The van der Waals surface area contributed by atoms with Crippen LogP contribution in [-0.4, -0.2) is 39.6 Å². The highest BCUT2D eigenvalue weighted by atomic mass is 79.9. The molecule has 0 aliphatic carbocycles. The molecule has 1 fully saturated rings. The molecule has 1 aliphatic heterocycles. The number of halogens is 1. The first kappa shape index (κ1) is 12.1. The smallest absolute Gasteiger partial charge is 0.242 e. The Labute approximate surface area is 107 Å². The number of piperazine rings is 1. The van der Waals surface area contributed by atoms with E-state index in [-0.39, 0.29) is 24.9 Å². The van der Waals surface area contributed by atoms with Crippen LogP contribution in [0, 0.1) is 6.92 Å². The van der Waals surface area contributed by atoms with Crippen molar-refractivity contribution in [3.8, 4) is 0 Å². The summed E-state index contributed by atoms with van der Waals surface area (Å²) >= 11 is 3.44. The van der Waals surface area contributed by atoms with Gasteiger partial charge in [-0.1, -0.05) is 0 Å². The standard InChI is InChI=1S/C10H13BrN4O2/c1-6-10(11)7(14(2)13-6)4-15-5-8(16)12-3-9(15)17/h3-5H2,1-2H3,(H,12,16). The van der Waals surface area contributed by atoms with Crippen LogP contribution in [0.15, 0.2) is 4.47 Å². The molecule has 0 atom stereocenters. The first-order valence-electron chi connectivity index (χ1n) is 5.21. The van der Waals surface area contributed by atoms with Crippen molar-refractivity contribution in [2.24, 2.45) is 7.05 Å². The van der Waals surface area contributed by atoms with Gasteiger partial charge in [0.25, 0.3) is 0 Å². The van der Waals surface area contributed by atoms with E-state index < -0.39 is 0 Å². The van der Waals surface area contributed by atoms with Gasteiger partial charge in [0, 0.05) is 7.05 Å². The molecule has 1 saturated heterocycles. The normalized spacial score (nSPS) is 16.3. The summed E-state index contributed by atoms with van der Waals surface area (Å²) in [6.07, 6.45) is 0. The summed E-state index contributed by atoms with van der Waals surface area (Å²) in [6, 6.07) is 0. The Morgan fingerprint density at radius 1 is 1.47 bits per heavy atom. The van der Waals surface area contributed by atoms with E-state index in [0.717, 1.165) is 15.9 Å². The highest BCUT2D eigenvalue weighted by molar-refractivity contribution is 9.10. The van der Waals surface area contributed by atoms with Crippen LogP contribution in [0.25, 0.3) is 0 Å². The number of aromatic nitrogens is 2. The van der Waals surface area contributed by atoms with Gasteiger partial charge in [-0.25, -0.2) is 0 Å². The summed E-state index contributed by atoms with van der Waals surface area (Å²) in [5, 5.41) is 6.77. The average molecular weight is 301 g/mol. The van der Waals surface area contributed by atoms with Crippen molar-refractivity contribution in [2.75, 3.05) is 13.1 Å². The summed E-state index contributed by atoms with van der Waals surface area (Å²) in [4.78, 5) is 24.4. The lowest BCUT2D eigenvalue weighted by Gasteiger charge is -2.26. The third kappa shape index (κ3) is 2.33. The Kier molecular flexibility index (Phi) is 3.19. The minimum absolute atomic E-state index is 0.0737. The lowest BCUT2D eigenvalue weighted by molar-refractivity contribution is -0.141. The number of rotatable bonds is 2. The van der Waals surface area contributed by atoms with Gasteiger partial charge >= 0.3 is 0 Å². The Morgan fingerprint density at radius 2 is 2.18 bits per heavy atom. The molecule has 1 aliphatic rings. The van der Waals surface area contributed by atoms with Crippen LogP contribution in [0.5, 0.6) is 0 Å². The first-order chi connectivity index (χ1) is 7.99. The maximum atomic E-state index is 11.6. The lowest BCUT2D eigenvalue weighted by Crippen LogP contribution is -2.51. The zero-order valence-corrected chi connectivity index (χ0v) is 11.2. The monoisotopic (exact) mass is 300 g/mol. The second-order valence-corrected chi connectivity index (χ2v) is 4.79. The minimum atomic E-state index is -0.125. The van der Waals surface area contributed by atoms with Crippen LogP contribution < -0.4 is 5.32 Å². The van der Waals surface area contributed by atoms with Crippen molar-refractivity contribution in [1.29, 1.82) is 0 Å². The van der Waals surface area contributed by atoms with Gasteiger partial charge in [-0.05, 0) is 22.9 Å². The van der Waals surface area contributed by atoms with Gasteiger partial charge in [-0.2, -0.15) is 5.10 Å². The molecule has 1 aromatic rings. The van der Waals surface area contributed by atoms with E-state index in [1.807, 2.05) is 14.0 Å². The average Bonchev–Trinajstić information content (AvgIpc) is 2.50.